The molecule has 5 nitrogen and oxygen atoms in total. The van der Waals surface area contributed by atoms with Gasteiger partial charge in [0.25, 0.3) is 17.7 Å². The van der Waals surface area contributed by atoms with Crippen LogP contribution >= 0.6 is 0 Å². The van der Waals surface area contributed by atoms with Crippen molar-refractivity contribution in [3.05, 3.63) is 82.9 Å². The molecule has 1 aliphatic rings. The molecule has 0 bridgehead atoms. The van der Waals surface area contributed by atoms with E-state index < -0.39 is 0 Å². The van der Waals surface area contributed by atoms with Crippen molar-refractivity contribution < 1.29 is 14.4 Å². The first-order chi connectivity index (χ1) is 13.1. The van der Waals surface area contributed by atoms with Crippen LogP contribution in [0.2, 0.25) is 0 Å². The van der Waals surface area contributed by atoms with Crippen LogP contribution in [0, 0.1) is 6.92 Å². The third-order valence-electron chi connectivity index (χ3n) is 4.87. The number of aryl methyl sites for hydroxylation is 1. The molecule has 134 valence electrons. The Kier molecular flexibility index (Phi) is 4.20. The molecule has 5 heteroatoms. The molecule has 1 aliphatic heterocycles. The number of hydrogen-bond donors (Lipinski definition) is 1. The van der Waals surface area contributed by atoms with Crippen LogP contribution in [0.4, 0.5) is 0 Å². The second-order valence-corrected chi connectivity index (χ2v) is 6.54. The van der Waals surface area contributed by atoms with Gasteiger partial charge in [0.2, 0.25) is 0 Å². The topological polar surface area (TPSA) is 66.5 Å². The van der Waals surface area contributed by atoms with Crippen molar-refractivity contribution in [2.75, 3.05) is 13.1 Å². The summed E-state index contributed by atoms with van der Waals surface area (Å²) in [6, 6.07) is 18.2. The number of carbonyl (C=O) groups is 3. The van der Waals surface area contributed by atoms with Crippen LogP contribution in [-0.2, 0) is 0 Å². The van der Waals surface area contributed by atoms with E-state index in [0.717, 1.165) is 10.9 Å². The summed E-state index contributed by atoms with van der Waals surface area (Å²) < 4.78 is 0. The zero-order valence-corrected chi connectivity index (χ0v) is 14.9. The van der Waals surface area contributed by atoms with Crippen molar-refractivity contribution in [1.82, 2.24) is 10.2 Å². The zero-order chi connectivity index (χ0) is 19.0. The van der Waals surface area contributed by atoms with E-state index >= 15 is 0 Å². The van der Waals surface area contributed by atoms with Crippen LogP contribution in [0.15, 0.2) is 60.7 Å². The van der Waals surface area contributed by atoms with E-state index in [-0.39, 0.29) is 30.8 Å². The summed E-state index contributed by atoms with van der Waals surface area (Å²) in [5.74, 6) is -0.864. The average Bonchev–Trinajstić information content (AvgIpc) is 2.68. The van der Waals surface area contributed by atoms with Crippen molar-refractivity contribution in [1.29, 1.82) is 0 Å². The summed E-state index contributed by atoms with van der Waals surface area (Å²) in [7, 11) is 0. The van der Waals surface area contributed by atoms with Crippen molar-refractivity contribution in [2.45, 2.75) is 6.92 Å². The Labute approximate surface area is 156 Å². The number of nitrogens with one attached hydrogen (secondary N) is 1. The molecule has 0 aliphatic carbocycles. The smallest absolute Gasteiger partial charge is 0.261 e. The van der Waals surface area contributed by atoms with Gasteiger partial charge in [-0.05, 0) is 36.1 Å². The largest absolute Gasteiger partial charge is 0.350 e. The maximum atomic E-state index is 12.8. The second kappa shape index (κ2) is 6.68. The summed E-state index contributed by atoms with van der Waals surface area (Å²) in [5.41, 5.74) is 2.51. The summed E-state index contributed by atoms with van der Waals surface area (Å²) >= 11 is 0. The summed E-state index contributed by atoms with van der Waals surface area (Å²) in [4.78, 5) is 39.1. The Morgan fingerprint density at radius 1 is 0.889 bits per heavy atom. The lowest BCUT2D eigenvalue weighted by molar-refractivity contribution is 0.0607. The van der Waals surface area contributed by atoms with Gasteiger partial charge in [0.1, 0.15) is 0 Å². The SMILES string of the molecule is Cc1ccccc1C(=O)NCCN1C(=O)c2cccc3cccc(c23)C1=O. The van der Waals surface area contributed by atoms with Gasteiger partial charge in [0.15, 0.2) is 0 Å². The molecule has 3 amide bonds. The third kappa shape index (κ3) is 2.87. The minimum Gasteiger partial charge on any atom is -0.350 e. The highest BCUT2D eigenvalue weighted by Crippen LogP contribution is 2.29. The zero-order valence-electron chi connectivity index (χ0n) is 14.9. The lowest BCUT2D eigenvalue weighted by atomic mass is 9.94. The van der Waals surface area contributed by atoms with Crippen molar-refractivity contribution in [2.24, 2.45) is 0 Å². The molecule has 1 heterocycles. The molecular formula is C22H18N2O3. The van der Waals surface area contributed by atoms with Gasteiger partial charge in [0, 0.05) is 35.2 Å². The van der Waals surface area contributed by atoms with Crippen molar-refractivity contribution in [3.63, 3.8) is 0 Å². The Morgan fingerprint density at radius 2 is 1.52 bits per heavy atom. The van der Waals surface area contributed by atoms with Gasteiger partial charge < -0.3 is 5.32 Å². The van der Waals surface area contributed by atoms with Crippen LogP contribution < -0.4 is 5.32 Å². The number of amides is 3. The Morgan fingerprint density at radius 3 is 2.15 bits per heavy atom. The molecule has 1 N–H and O–H groups in total. The third-order valence-corrected chi connectivity index (χ3v) is 4.87. The number of hydrogen-bond acceptors (Lipinski definition) is 3. The van der Waals surface area contributed by atoms with Crippen LogP contribution in [0.25, 0.3) is 10.8 Å². The Bertz CT molecular complexity index is 1040. The first-order valence-corrected chi connectivity index (χ1v) is 8.79. The quantitative estimate of drug-likeness (QED) is 0.729. The van der Waals surface area contributed by atoms with Gasteiger partial charge >= 0.3 is 0 Å². The van der Waals surface area contributed by atoms with E-state index in [1.54, 1.807) is 24.3 Å². The maximum absolute atomic E-state index is 12.8. The molecule has 0 unspecified atom stereocenters. The number of imide groups is 1. The predicted molar refractivity (Wildman–Crippen MR) is 103 cm³/mol. The fraction of sp³-hybridized carbons (Fsp3) is 0.136. The Hall–Kier alpha value is -3.47. The summed E-state index contributed by atoms with van der Waals surface area (Å²) in [6.45, 7) is 2.19. The number of rotatable bonds is 4. The molecule has 0 spiro atoms. The van der Waals surface area contributed by atoms with E-state index in [1.165, 1.54) is 4.90 Å². The van der Waals surface area contributed by atoms with E-state index in [4.69, 9.17) is 0 Å². The molecule has 0 atom stereocenters. The minimum absolute atomic E-state index is 0.125. The van der Waals surface area contributed by atoms with Gasteiger partial charge in [-0.3, -0.25) is 19.3 Å². The number of nitrogens with zero attached hydrogens (tertiary/aromatic N) is 1. The molecule has 27 heavy (non-hydrogen) atoms. The number of benzene rings is 3. The Balaban J connectivity index is 1.52. The lowest BCUT2D eigenvalue weighted by Crippen LogP contribution is -2.44. The summed E-state index contributed by atoms with van der Waals surface area (Å²) in [6.07, 6.45) is 0. The summed E-state index contributed by atoms with van der Waals surface area (Å²) in [5, 5.41) is 4.37. The van der Waals surface area contributed by atoms with E-state index in [0.29, 0.717) is 22.1 Å². The van der Waals surface area contributed by atoms with E-state index in [1.807, 2.05) is 43.3 Å². The van der Waals surface area contributed by atoms with Crippen LogP contribution in [-0.4, -0.2) is 35.7 Å². The maximum Gasteiger partial charge on any atom is 0.261 e. The predicted octanol–water partition coefficient (Wildman–Crippen LogP) is 3.17. The van der Waals surface area contributed by atoms with E-state index in [9.17, 15) is 14.4 Å². The molecular weight excluding hydrogens is 340 g/mol. The molecule has 0 fully saturated rings. The van der Waals surface area contributed by atoms with Crippen LogP contribution in [0.1, 0.15) is 36.6 Å². The lowest BCUT2D eigenvalue weighted by Gasteiger charge is -2.27. The van der Waals surface area contributed by atoms with Crippen LogP contribution in [0.3, 0.4) is 0 Å². The van der Waals surface area contributed by atoms with Gasteiger partial charge in [-0.15, -0.1) is 0 Å². The van der Waals surface area contributed by atoms with E-state index in [2.05, 4.69) is 5.32 Å². The standard InChI is InChI=1S/C22H18N2O3/c1-14-6-2-3-9-16(14)20(25)23-12-13-24-21(26)17-10-4-7-15-8-5-11-18(19(15)17)22(24)27/h2-11H,12-13H2,1H3,(H,23,25). The first kappa shape index (κ1) is 17.0. The van der Waals surface area contributed by atoms with Crippen molar-refractivity contribution in [3.8, 4) is 0 Å². The fourth-order valence-electron chi connectivity index (χ4n) is 3.49. The van der Waals surface area contributed by atoms with Gasteiger partial charge in [-0.25, -0.2) is 0 Å². The first-order valence-electron chi connectivity index (χ1n) is 8.79. The minimum atomic E-state index is -0.325. The highest BCUT2D eigenvalue weighted by Gasteiger charge is 2.32. The molecule has 0 saturated heterocycles. The van der Waals surface area contributed by atoms with Gasteiger partial charge in [-0.2, -0.15) is 0 Å². The molecule has 3 aromatic rings. The average molecular weight is 358 g/mol. The molecule has 0 saturated carbocycles. The molecule has 4 rings (SSSR count). The van der Waals surface area contributed by atoms with Crippen molar-refractivity contribution >= 4 is 28.5 Å². The highest BCUT2D eigenvalue weighted by molar-refractivity contribution is 6.25. The number of carbonyl (C=O) groups excluding carboxylic acids is 3. The highest BCUT2D eigenvalue weighted by atomic mass is 16.2. The normalized spacial score (nSPS) is 13.1. The van der Waals surface area contributed by atoms with Gasteiger partial charge in [-0.1, -0.05) is 42.5 Å². The monoisotopic (exact) mass is 358 g/mol. The van der Waals surface area contributed by atoms with Gasteiger partial charge in [0.05, 0.1) is 0 Å². The molecule has 0 aromatic heterocycles. The second-order valence-electron chi connectivity index (χ2n) is 6.54. The van der Waals surface area contributed by atoms with Crippen LogP contribution in [0.5, 0.6) is 0 Å². The molecule has 0 radical (unpaired) electrons. The fourth-order valence-corrected chi connectivity index (χ4v) is 3.49. The molecule has 3 aromatic carbocycles.